The van der Waals surface area contributed by atoms with E-state index in [1.54, 1.807) is 0 Å². The SMILES string of the molecule is CC1CN(Cc2cn(C)nc2-c2ccc3c(c2)OCCCO3)CC1N. The van der Waals surface area contributed by atoms with E-state index < -0.39 is 0 Å². The molecule has 4 rings (SSSR count). The Morgan fingerprint density at radius 3 is 2.76 bits per heavy atom. The molecule has 134 valence electrons. The van der Waals surface area contributed by atoms with Gasteiger partial charge in [0.15, 0.2) is 11.5 Å². The number of rotatable bonds is 3. The molecule has 1 saturated heterocycles. The van der Waals surface area contributed by atoms with Gasteiger partial charge in [-0.3, -0.25) is 9.58 Å². The lowest BCUT2D eigenvalue weighted by Gasteiger charge is -2.15. The summed E-state index contributed by atoms with van der Waals surface area (Å²) in [6.45, 7) is 6.46. The summed E-state index contributed by atoms with van der Waals surface area (Å²) in [5.74, 6) is 2.17. The van der Waals surface area contributed by atoms with E-state index >= 15 is 0 Å². The maximum Gasteiger partial charge on any atom is 0.161 e. The third-order valence-corrected chi connectivity index (χ3v) is 5.07. The number of ether oxygens (including phenoxy) is 2. The number of benzene rings is 1. The standard InChI is InChI=1S/C19H26N4O2/c1-13-9-23(12-16(13)20)11-15-10-22(2)21-19(15)14-4-5-17-18(8-14)25-7-3-6-24-17/h4-5,8,10,13,16H,3,6-7,9,11-12,20H2,1-2H3. The molecule has 6 nitrogen and oxygen atoms in total. The Bertz CT molecular complexity index is 748. The lowest BCUT2D eigenvalue weighted by Crippen LogP contribution is -2.28. The summed E-state index contributed by atoms with van der Waals surface area (Å²) in [5.41, 5.74) is 9.47. The van der Waals surface area contributed by atoms with Crippen molar-refractivity contribution >= 4 is 0 Å². The maximum atomic E-state index is 6.17. The van der Waals surface area contributed by atoms with Gasteiger partial charge in [0, 0.05) is 56.5 Å². The highest BCUT2D eigenvalue weighted by Gasteiger charge is 2.27. The number of hydrogen-bond donors (Lipinski definition) is 1. The highest BCUT2D eigenvalue weighted by Crippen LogP contribution is 2.35. The molecule has 2 aliphatic heterocycles. The van der Waals surface area contributed by atoms with Crippen molar-refractivity contribution in [3.63, 3.8) is 0 Å². The number of nitrogens with two attached hydrogens (primary N) is 1. The van der Waals surface area contributed by atoms with Crippen molar-refractivity contribution in [2.45, 2.75) is 25.9 Å². The van der Waals surface area contributed by atoms with Gasteiger partial charge in [-0.1, -0.05) is 6.92 Å². The molecule has 1 fully saturated rings. The van der Waals surface area contributed by atoms with Gasteiger partial charge in [0.05, 0.1) is 18.9 Å². The van der Waals surface area contributed by atoms with E-state index in [0.29, 0.717) is 19.1 Å². The monoisotopic (exact) mass is 342 g/mol. The van der Waals surface area contributed by atoms with Crippen LogP contribution in [-0.2, 0) is 13.6 Å². The van der Waals surface area contributed by atoms with Crippen molar-refractivity contribution in [2.75, 3.05) is 26.3 Å². The van der Waals surface area contributed by atoms with E-state index in [0.717, 1.165) is 48.8 Å². The van der Waals surface area contributed by atoms with Crippen molar-refractivity contribution in [1.29, 1.82) is 0 Å². The summed E-state index contributed by atoms with van der Waals surface area (Å²) in [6, 6.07) is 6.36. The smallest absolute Gasteiger partial charge is 0.161 e. The summed E-state index contributed by atoms with van der Waals surface area (Å²) in [4.78, 5) is 2.42. The van der Waals surface area contributed by atoms with Gasteiger partial charge in [0.1, 0.15) is 0 Å². The summed E-state index contributed by atoms with van der Waals surface area (Å²) in [7, 11) is 1.97. The van der Waals surface area contributed by atoms with Crippen LogP contribution < -0.4 is 15.2 Å². The molecular weight excluding hydrogens is 316 g/mol. The van der Waals surface area contributed by atoms with Crippen molar-refractivity contribution in [2.24, 2.45) is 18.7 Å². The second kappa shape index (κ2) is 6.69. The van der Waals surface area contributed by atoms with E-state index in [9.17, 15) is 0 Å². The summed E-state index contributed by atoms with van der Waals surface area (Å²) in [5, 5.41) is 4.70. The number of likely N-dealkylation sites (tertiary alicyclic amines) is 1. The second-order valence-corrected chi connectivity index (χ2v) is 7.22. The van der Waals surface area contributed by atoms with Crippen molar-refractivity contribution in [3.8, 4) is 22.8 Å². The molecule has 25 heavy (non-hydrogen) atoms. The average Bonchev–Trinajstić information content (AvgIpc) is 3.00. The maximum absolute atomic E-state index is 6.17. The van der Waals surface area contributed by atoms with E-state index in [4.69, 9.17) is 20.3 Å². The van der Waals surface area contributed by atoms with Gasteiger partial charge in [0.25, 0.3) is 0 Å². The van der Waals surface area contributed by atoms with E-state index in [2.05, 4.69) is 24.1 Å². The van der Waals surface area contributed by atoms with Gasteiger partial charge in [-0.25, -0.2) is 0 Å². The molecule has 2 aliphatic rings. The molecule has 1 aromatic carbocycles. The first-order chi connectivity index (χ1) is 12.1. The molecule has 2 aromatic rings. The number of fused-ring (bicyclic) bond motifs is 1. The van der Waals surface area contributed by atoms with Gasteiger partial charge in [-0.05, 0) is 24.1 Å². The number of aryl methyl sites for hydroxylation is 1. The molecule has 2 atom stereocenters. The van der Waals surface area contributed by atoms with Gasteiger partial charge in [0.2, 0.25) is 0 Å². The summed E-state index contributed by atoms with van der Waals surface area (Å²) < 4.78 is 13.4. The molecule has 0 bridgehead atoms. The normalized spacial score (nSPS) is 23.6. The van der Waals surface area contributed by atoms with E-state index in [-0.39, 0.29) is 6.04 Å². The Kier molecular flexibility index (Phi) is 4.39. The average molecular weight is 342 g/mol. The molecule has 0 spiro atoms. The quantitative estimate of drug-likeness (QED) is 0.924. The van der Waals surface area contributed by atoms with Gasteiger partial charge < -0.3 is 15.2 Å². The molecule has 6 heteroatoms. The van der Waals surface area contributed by atoms with Crippen LogP contribution in [0.1, 0.15) is 18.9 Å². The zero-order chi connectivity index (χ0) is 17.4. The number of nitrogens with zero attached hydrogens (tertiary/aromatic N) is 3. The van der Waals surface area contributed by atoms with Gasteiger partial charge in [-0.15, -0.1) is 0 Å². The fourth-order valence-corrected chi connectivity index (χ4v) is 3.67. The van der Waals surface area contributed by atoms with Crippen LogP contribution in [-0.4, -0.2) is 47.0 Å². The molecule has 0 radical (unpaired) electrons. The summed E-state index contributed by atoms with van der Waals surface area (Å²) >= 11 is 0. The number of aromatic nitrogens is 2. The highest BCUT2D eigenvalue weighted by molar-refractivity contribution is 5.66. The van der Waals surface area contributed by atoms with Crippen LogP contribution in [0.25, 0.3) is 11.3 Å². The fourth-order valence-electron chi connectivity index (χ4n) is 3.67. The van der Waals surface area contributed by atoms with Crippen LogP contribution in [0.15, 0.2) is 24.4 Å². The molecule has 0 amide bonds. The molecule has 2 unspecified atom stereocenters. The van der Waals surface area contributed by atoms with Crippen LogP contribution >= 0.6 is 0 Å². The third-order valence-electron chi connectivity index (χ3n) is 5.07. The minimum Gasteiger partial charge on any atom is -0.490 e. The lowest BCUT2D eigenvalue weighted by molar-refractivity contribution is 0.297. The first-order valence-corrected chi connectivity index (χ1v) is 9.00. The molecule has 0 aliphatic carbocycles. The molecule has 0 saturated carbocycles. The third kappa shape index (κ3) is 3.37. The zero-order valence-electron chi connectivity index (χ0n) is 14.9. The van der Waals surface area contributed by atoms with Crippen molar-refractivity contribution in [3.05, 3.63) is 30.0 Å². The molecule has 3 heterocycles. The Balaban J connectivity index is 1.61. The van der Waals surface area contributed by atoms with Gasteiger partial charge in [-0.2, -0.15) is 5.10 Å². The highest BCUT2D eigenvalue weighted by atomic mass is 16.5. The first-order valence-electron chi connectivity index (χ1n) is 9.00. The van der Waals surface area contributed by atoms with E-state index in [1.165, 1.54) is 5.56 Å². The Labute approximate surface area is 148 Å². The predicted molar refractivity (Wildman–Crippen MR) is 96.7 cm³/mol. The lowest BCUT2D eigenvalue weighted by atomic mass is 10.1. The zero-order valence-corrected chi connectivity index (χ0v) is 14.9. The number of hydrogen-bond acceptors (Lipinski definition) is 5. The van der Waals surface area contributed by atoms with Crippen LogP contribution in [0.5, 0.6) is 11.5 Å². The minimum absolute atomic E-state index is 0.262. The Morgan fingerprint density at radius 1 is 1.20 bits per heavy atom. The van der Waals surface area contributed by atoms with Gasteiger partial charge >= 0.3 is 0 Å². The molecule has 1 aromatic heterocycles. The summed E-state index contributed by atoms with van der Waals surface area (Å²) in [6.07, 6.45) is 3.01. The topological polar surface area (TPSA) is 65.5 Å². The fraction of sp³-hybridized carbons (Fsp3) is 0.526. The minimum atomic E-state index is 0.262. The van der Waals surface area contributed by atoms with Crippen LogP contribution in [0.4, 0.5) is 0 Å². The second-order valence-electron chi connectivity index (χ2n) is 7.22. The molecule has 2 N–H and O–H groups in total. The van der Waals surface area contributed by atoms with Crippen molar-refractivity contribution < 1.29 is 9.47 Å². The van der Waals surface area contributed by atoms with E-state index in [1.807, 2.05) is 23.9 Å². The Morgan fingerprint density at radius 2 is 2.00 bits per heavy atom. The first kappa shape index (κ1) is 16.4. The molecular formula is C19H26N4O2. The Hall–Kier alpha value is -2.05. The van der Waals surface area contributed by atoms with Crippen LogP contribution in [0.3, 0.4) is 0 Å². The van der Waals surface area contributed by atoms with Crippen molar-refractivity contribution in [1.82, 2.24) is 14.7 Å². The predicted octanol–water partition coefficient (Wildman–Crippen LogP) is 2.03. The largest absolute Gasteiger partial charge is 0.490 e. The van der Waals surface area contributed by atoms with Crippen LogP contribution in [0, 0.1) is 5.92 Å². The van der Waals surface area contributed by atoms with Crippen LogP contribution in [0.2, 0.25) is 0 Å².